The largest absolute Gasteiger partial charge is 0.380 e. The minimum absolute atomic E-state index is 0.164. The van der Waals surface area contributed by atoms with Crippen LogP contribution in [0.1, 0.15) is 24.0 Å². The van der Waals surface area contributed by atoms with Gasteiger partial charge in [0, 0.05) is 31.8 Å². The molecule has 2 rings (SSSR count). The molecule has 0 amide bonds. The minimum Gasteiger partial charge on any atom is -0.380 e. The van der Waals surface area contributed by atoms with Crippen molar-refractivity contribution < 1.29 is 9.13 Å². The number of hydrogen-bond acceptors (Lipinski definition) is 3. The summed E-state index contributed by atoms with van der Waals surface area (Å²) in [5.41, 5.74) is 7.24. The number of nitrogens with two attached hydrogens (primary N) is 1. The van der Waals surface area contributed by atoms with Crippen molar-refractivity contribution in [3.8, 4) is 0 Å². The number of ether oxygens (including phenoxy) is 1. The van der Waals surface area contributed by atoms with Crippen LogP contribution in [0.15, 0.2) is 18.2 Å². The summed E-state index contributed by atoms with van der Waals surface area (Å²) in [7, 11) is 1.98. The lowest BCUT2D eigenvalue weighted by Gasteiger charge is -2.17. The molecule has 0 radical (unpaired) electrons. The van der Waals surface area contributed by atoms with Gasteiger partial charge in [-0.2, -0.15) is 0 Å². The molecule has 0 aromatic heterocycles. The number of nitrogens with zero attached hydrogens (tertiary/aromatic N) is 1. The third-order valence-corrected chi connectivity index (χ3v) is 3.45. The standard InChI is InChI=1S/C15H23FN2O/c1-18(6-7-19-11-12-2-3-12)10-14-8-13(9-17)4-5-15(14)16/h4-5,8,12H,2-3,6-7,9-11,17H2,1H3. The van der Waals surface area contributed by atoms with Gasteiger partial charge in [-0.1, -0.05) is 12.1 Å². The lowest BCUT2D eigenvalue weighted by molar-refractivity contribution is 0.101. The predicted molar refractivity (Wildman–Crippen MR) is 74.2 cm³/mol. The number of halogens is 1. The Morgan fingerprint density at radius 1 is 1.42 bits per heavy atom. The van der Waals surface area contributed by atoms with Gasteiger partial charge in [0.25, 0.3) is 0 Å². The Balaban J connectivity index is 1.74. The summed E-state index contributed by atoms with van der Waals surface area (Å²) in [5, 5.41) is 0. The van der Waals surface area contributed by atoms with E-state index in [1.165, 1.54) is 18.9 Å². The van der Waals surface area contributed by atoms with Crippen LogP contribution in [0.4, 0.5) is 4.39 Å². The summed E-state index contributed by atoms with van der Waals surface area (Å²) in [6, 6.07) is 5.07. The summed E-state index contributed by atoms with van der Waals surface area (Å²) in [6.45, 7) is 3.45. The third kappa shape index (κ3) is 4.90. The van der Waals surface area contributed by atoms with Crippen molar-refractivity contribution in [2.24, 2.45) is 11.7 Å². The highest BCUT2D eigenvalue weighted by molar-refractivity contribution is 5.24. The van der Waals surface area contributed by atoms with Gasteiger partial charge in [-0.25, -0.2) is 4.39 Å². The maximum absolute atomic E-state index is 13.7. The van der Waals surface area contributed by atoms with E-state index in [2.05, 4.69) is 4.90 Å². The van der Waals surface area contributed by atoms with E-state index in [4.69, 9.17) is 10.5 Å². The Bertz CT molecular complexity index is 407. The van der Waals surface area contributed by atoms with Crippen molar-refractivity contribution in [3.63, 3.8) is 0 Å². The molecule has 0 spiro atoms. The highest BCUT2D eigenvalue weighted by atomic mass is 19.1. The van der Waals surface area contributed by atoms with Crippen LogP contribution in [0.3, 0.4) is 0 Å². The summed E-state index contributed by atoms with van der Waals surface area (Å²) < 4.78 is 19.3. The Morgan fingerprint density at radius 3 is 2.89 bits per heavy atom. The molecule has 19 heavy (non-hydrogen) atoms. The van der Waals surface area contributed by atoms with Crippen LogP contribution < -0.4 is 5.73 Å². The minimum atomic E-state index is -0.164. The van der Waals surface area contributed by atoms with Gasteiger partial charge >= 0.3 is 0 Å². The summed E-state index contributed by atoms with van der Waals surface area (Å²) >= 11 is 0. The third-order valence-electron chi connectivity index (χ3n) is 3.45. The Morgan fingerprint density at radius 2 is 2.21 bits per heavy atom. The molecule has 1 saturated carbocycles. The van der Waals surface area contributed by atoms with Crippen LogP contribution in [0.25, 0.3) is 0 Å². The van der Waals surface area contributed by atoms with Crippen molar-refractivity contribution >= 4 is 0 Å². The Labute approximate surface area is 114 Å². The molecule has 1 fully saturated rings. The van der Waals surface area contributed by atoms with Gasteiger partial charge in [0.1, 0.15) is 5.82 Å². The van der Waals surface area contributed by atoms with Crippen LogP contribution in [0.2, 0.25) is 0 Å². The normalized spacial score (nSPS) is 15.2. The molecule has 1 aromatic rings. The van der Waals surface area contributed by atoms with E-state index in [0.717, 1.165) is 24.6 Å². The smallest absolute Gasteiger partial charge is 0.127 e. The van der Waals surface area contributed by atoms with E-state index in [9.17, 15) is 4.39 Å². The van der Waals surface area contributed by atoms with E-state index in [1.807, 2.05) is 13.1 Å². The van der Waals surface area contributed by atoms with Crippen LogP contribution >= 0.6 is 0 Å². The zero-order valence-electron chi connectivity index (χ0n) is 11.6. The van der Waals surface area contributed by atoms with Crippen LogP contribution in [0.5, 0.6) is 0 Å². The molecule has 3 nitrogen and oxygen atoms in total. The average Bonchev–Trinajstić information content (AvgIpc) is 3.21. The second-order valence-electron chi connectivity index (χ2n) is 5.39. The van der Waals surface area contributed by atoms with E-state index in [0.29, 0.717) is 25.3 Å². The maximum atomic E-state index is 13.7. The van der Waals surface area contributed by atoms with Crippen LogP contribution in [-0.4, -0.2) is 31.7 Å². The van der Waals surface area contributed by atoms with E-state index < -0.39 is 0 Å². The molecular formula is C15H23FN2O. The van der Waals surface area contributed by atoms with Crippen LogP contribution in [0, 0.1) is 11.7 Å². The number of benzene rings is 1. The number of rotatable bonds is 8. The second-order valence-corrected chi connectivity index (χ2v) is 5.39. The SMILES string of the molecule is CN(CCOCC1CC1)Cc1cc(CN)ccc1F. The molecule has 4 heteroatoms. The zero-order chi connectivity index (χ0) is 13.7. The van der Waals surface area contributed by atoms with E-state index in [1.54, 1.807) is 6.07 Å². The van der Waals surface area contributed by atoms with Gasteiger partial charge in [0.05, 0.1) is 6.61 Å². The summed E-state index contributed by atoms with van der Waals surface area (Å²) in [5.74, 6) is 0.631. The molecule has 0 unspecified atom stereocenters. The highest BCUT2D eigenvalue weighted by Gasteiger charge is 2.20. The summed E-state index contributed by atoms with van der Waals surface area (Å²) in [6.07, 6.45) is 2.62. The van der Waals surface area contributed by atoms with Gasteiger partial charge in [-0.3, -0.25) is 4.90 Å². The maximum Gasteiger partial charge on any atom is 0.127 e. The molecule has 0 atom stereocenters. The Hall–Kier alpha value is -0.970. The van der Waals surface area contributed by atoms with Gasteiger partial charge in [-0.15, -0.1) is 0 Å². The average molecular weight is 266 g/mol. The lowest BCUT2D eigenvalue weighted by atomic mass is 10.1. The topological polar surface area (TPSA) is 38.5 Å². The number of hydrogen-bond donors (Lipinski definition) is 1. The molecule has 1 aliphatic carbocycles. The first kappa shape index (κ1) is 14.4. The van der Waals surface area contributed by atoms with Crippen molar-refractivity contribution in [3.05, 3.63) is 35.1 Å². The molecule has 0 saturated heterocycles. The quantitative estimate of drug-likeness (QED) is 0.733. The molecular weight excluding hydrogens is 243 g/mol. The molecule has 1 aliphatic rings. The Kier molecular flexibility index (Phi) is 5.31. The first-order chi connectivity index (χ1) is 9.19. The predicted octanol–water partition coefficient (Wildman–Crippen LogP) is 2.14. The molecule has 0 bridgehead atoms. The first-order valence-corrected chi connectivity index (χ1v) is 6.92. The fourth-order valence-corrected chi connectivity index (χ4v) is 2.00. The molecule has 0 aliphatic heterocycles. The van der Waals surface area contributed by atoms with Crippen molar-refractivity contribution in [2.75, 3.05) is 26.8 Å². The van der Waals surface area contributed by atoms with Crippen molar-refractivity contribution in [1.29, 1.82) is 0 Å². The van der Waals surface area contributed by atoms with Gasteiger partial charge < -0.3 is 10.5 Å². The van der Waals surface area contributed by atoms with E-state index in [-0.39, 0.29) is 5.82 Å². The lowest BCUT2D eigenvalue weighted by Crippen LogP contribution is -2.23. The van der Waals surface area contributed by atoms with Gasteiger partial charge in [0.15, 0.2) is 0 Å². The van der Waals surface area contributed by atoms with Crippen molar-refractivity contribution in [1.82, 2.24) is 4.90 Å². The summed E-state index contributed by atoms with van der Waals surface area (Å²) in [4.78, 5) is 2.08. The fraction of sp³-hybridized carbons (Fsp3) is 0.600. The monoisotopic (exact) mass is 266 g/mol. The van der Waals surface area contributed by atoms with E-state index >= 15 is 0 Å². The van der Waals surface area contributed by atoms with Crippen molar-refractivity contribution in [2.45, 2.75) is 25.9 Å². The highest BCUT2D eigenvalue weighted by Crippen LogP contribution is 2.28. The molecule has 2 N–H and O–H groups in total. The zero-order valence-corrected chi connectivity index (χ0v) is 11.6. The van der Waals surface area contributed by atoms with Gasteiger partial charge in [-0.05, 0) is 37.4 Å². The van der Waals surface area contributed by atoms with Gasteiger partial charge in [0.2, 0.25) is 0 Å². The fourth-order valence-electron chi connectivity index (χ4n) is 2.00. The molecule has 1 aromatic carbocycles. The number of likely N-dealkylation sites (N-methyl/N-ethyl adjacent to an activating group) is 1. The van der Waals surface area contributed by atoms with Crippen LogP contribution in [-0.2, 0) is 17.8 Å². The molecule has 106 valence electrons. The second kappa shape index (κ2) is 6.98. The molecule has 0 heterocycles. The first-order valence-electron chi connectivity index (χ1n) is 6.92.